The van der Waals surface area contributed by atoms with Gasteiger partial charge in [0, 0.05) is 17.2 Å². The molecule has 0 spiro atoms. The van der Waals surface area contributed by atoms with E-state index in [2.05, 4.69) is 15.5 Å². The Labute approximate surface area is 195 Å². The molecule has 0 aliphatic carbocycles. The molecule has 1 aliphatic rings. The van der Waals surface area contributed by atoms with Gasteiger partial charge in [0.1, 0.15) is 4.90 Å². The highest BCUT2D eigenvalue weighted by atomic mass is 32.2. The zero-order valence-electron chi connectivity index (χ0n) is 18.1. The van der Waals surface area contributed by atoms with Crippen LogP contribution >= 0.6 is 11.8 Å². The number of carbonyl (C=O) groups excluding carboxylic acids is 1. The number of carbonyl (C=O) groups is 1. The van der Waals surface area contributed by atoms with Gasteiger partial charge in [0.25, 0.3) is 5.69 Å². The molecule has 0 bridgehead atoms. The van der Waals surface area contributed by atoms with Crippen LogP contribution in [0.2, 0.25) is 0 Å². The molecule has 174 valence electrons. The Balaban J connectivity index is 1.85. The molecule has 3 rings (SSSR count). The lowest BCUT2D eigenvalue weighted by Crippen LogP contribution is -2.24. The summed E-state index contributed by atoms with van der Waals surface area (Å²) < 4.78 is 30.8. The molecule has 1 aliphatic heterocycles. The molecule has 1 N–H and O–H groups in total. The van der Waals surface area contributed by atoms with Crippen LogP contribution in [0, 0.1) is 24.0 Å². The third-order valence-electron chi connectivity index (χ3n) is 4.70. The van der Waals surface area contributed by atoms with Crippen molar-refractivity contribution in [3.05, 3.63) is 63.2 Å². The van der Waals surface area contributed by atoms with E-state index >= 15 is 0 Å². The highest BCUT2D eigenvalue weighted by Crippen LogP contribution is 2.27. The van der Waals surface area contributed by atoms with Gasteiger partial charge in [-0.2, -0.15) is 13.5 Å². The van der Waals surface area contributed by atoms with Crippen molar-refractivity contribution >= 4 is 44.9 Å². The quantitative estimate of drug-likeness (QED) is 0.257. The van der Waals surface area contributed by atoms with Crippen LogP contribution in [0.25, 0.3) is 0 Å². The SMILES string of the molecule is CCC[C@H]1S/C(=N\N=C/c2cc(C)ccc2OS(=O)(=O)c2ccc(C)c([N+](=O)[O-])c2)NC1=O. The Morgan fingerprint density at radius 3 is 2.70 bits per heavy atom. The third kappa shape index (κ3) is 5.96. The number of benzene rings is 2. The zero-order valence-corrected chi connectivity index (χ0v) is 19.8. The summed E-state index contributed by atoms with van der Waals surface area (Å²) in [5.41, 5.74) is 1.17. The molecule has 1 saturated heterocycles. The highest BCUT2D eigenvalue weighted by molar-refractivity contribution is 8.15. The first-order valence-corrected chi connectivity index (χ1v) is 12.3. The minimum Gasteiger partial charge on any atom is -0.378 e. The molecule has 10 nitrogen and oxygen atoms in total. The van der Waals surface area contributed by atoms with Crippen LogP contribution in [-0.2, 0) is 14.9 Å². The summed E-state index contributed by atoms with van der Waals surface area (Å²) in [5.74, 6) is -0.131. The summed E-state index contributed by atoms with van der Waals surface area (Å²) in [6, 6.07) is 8.35. The smallest absolute Gasteiger partial charge is 0.339 e. The molecule has 2 aromatic carbocycles. The summed E-state index contributed by atoms with van der Waals surface area (Å²) in [6.45, 7) is 5.32. The topological polar surface area (TPSA) is 140 Å². The number of aryl methyl sites for hydroxylation is 2. The molecular weight excluding hydrogens is 468 g/mol. The number of nitrogens with one attached hydrogen (secondary N) is 1. The first-order chi connectivity index (χ1) is 15.6. The van der Waals surface area contributed by atoms with Gasteiger partial charge in [0.05, 0.1) is 16.4 Å². The lowest BCUT2D eigenvalue weighted by molar-refractivity contribution is -0.385. The number of rotatable bonds is 8. The van der Waals surface area contributed by atoms with Crippen molar-refractivity contribution in [3.8, 4) is 5.75 Å². The second-order valence-corrected chi connectivity index (χ2v) is 10.1. The maximum absolute atomic E-state index is 12.8. The molecule has 1 atom stereocenters. The van der Waals surface area contributed by atoms with Gasteiger partial charge in [-0.05, 0) is 38.5 Å². The van der Waals surface area contributed by atoms with Gasteiger partial charge in [-0.15, -0.1) is 5.10 Å². The van der Waals surface area contributed by atoms with Gasteiger partial charge < -0.3 is 9.50 Å². The van der Waals surface area contributed by atoms with Crippen LogP contribution in [0.3, 0.4) is 0 Å². The van der Waals surface area contributed by atoms with Crippen molar-refractivity contribution in [2.24, 2.45) is 10.2 Å². The lowest BCUT2D eigenvalue weighted by Gasteiger charge is -2.10. The number of hydrogen-bond acceptors (Lipinski definition) is 9. The fourth-order valence-corrected chi connectivity index (χ4v) is 5.02. The Morgan fingerprint density at radius 1 is 1.24 bits per heavy atom. The van der Waals surface area contributed by atoms with Gasteiger partial charge >= 0.3 is 10.1 Å². The summed E-state index contributed by atoms with van der Waals surface area (Å²) in [4.78, 5) is 22.1. The van der Waals surface area contributed by atoms with Gasteiger partial charge in [-0.25, -0.2) is 0 Å². The van der Waals surface area contributed by atoms with Gasteiger partial charge in [0.2, 0.25) is 5.91 Å². The highest BCUT2D eigenvalue weighted by Gasteiger charge is 2.29. The largest absolute Gasteiger partial charge is 0.378 e. The predicted octanol–water partition coefficient (Wildman–Crippen LogP) is 3.70. The zero-order chi connectivity index (χ0) is 24.2. The van der Waals surface area contributed by atoms with E-state index in [0.717, 1.165) is 24.5 Å². The molecule has 12 heteroatoms. The van der Waals surface area contributed by atoms with E-state index in [1.54, 1.807) is 12.1 Å². The van der Waals surface area contributed by atoms with Gasteiger partial charge in [-0.1, -0.05) is 42.8 Å². The Morgan fingerprint density at radius 2 is 2.00 bits per heavy atom. The van der Waals surface area contributed by atoms with Crippen molar-refractivity contribution in [2.45, 2.75) is 43.8 Å². The van der Waals surface area contributed by atoms with Crippen LogP contribution < -0.4 is 9.50 Å². The first-order valence-electron chi connectivity index (χ1n) is 9.99. The van der Waals surface area contributed by atoms with Crippen molar-refractivity contribution in [3.63, 3.8) is 0 Å². The van der Waals surface area contributed by atoms with E-state index in [1.165, 1.54) is 43.1 Å². The number of amidine groups is 1. The van der Waals surface area contributed by atoms with Crippen molar-refractivity contribution in [2.75, 3.05) is 0 Å². The molecule has 0 aromatic heterocycles. The average Bonchev–Trinajstić information content (AvgIpc) is 3.09. The molecular formula is C21H22N4O6S2. The molecule has 33 heavy (non-hydrogen) atoms. The van der Waals surface area contributed by atoms with Crippen LogP contribution in [-0.4, -0.2) is 35.9 Å². The number of amides is 1. The van der Waals surface area contributed by atoms with Crippen LogP contribution in [0.1, 0.15) is 36.5 Å². The molecule has 0 radical (unpaired) electrons. The Hall–Kier alpha value is -3.25. The minimum absolute atomic E-state index is 0.0141. The maximum Gasteiger partial charge on any atom is 0.339 e. The predicted molar refractivity (Wildman–Crippen MR) is 126 cm³/mol. The summed E-state index contributed by atoms with van der Waals surface area (Å²) >= 11 is 1.29. The standard InChI is InChI=1S/C21H22N4O6S2/c1-4-5-19-20(26)23-21(32-19)24-22-12-15-10-13(2)6-9-18(15)31-33(29,30)16-8-7-14(3)17(11-16)25(27)28/h6-12,19H,4-5H2,1-3H3,(H,23,24,26)/b22-12-/t19-/m1/s1. The number of nitro benzene ring substituents is 1. The number of thioether (sulfide) groups is 1. The molecule has 0 unspecified atom stereocenters. The second-order valence-electron chi connectivity index (χ2n) is 7.32. The number of nitrogens with zero attached hydrogens (tertiary/aromatic N) is 3. The number of nitro groups is 1. The van der Waals surface area contributed by atoms with Crippen molar-refractivity contribution in [1.29, 1.82) is 0 Å². The number of hydrogen-bond donors (Lipinski definition) is 1. The molecule has 2 aromatic rings. The van der Waals surface area contributed by atoms with E-state index in [0.29, 0.717) is 16.3 Å². The summed E-state index contributed by atoms with van der Waals surface area (Å²) in [6.07, 6.45) is 2.91. The summed E-state index contributed by atoms with van der Waals surface area (Å²) in [7, 11) is -4.35. The van der Waals surface area contributed by atoms with Crippen LogP contribution in [0.4, 0.5) is 5.69 Å². The van der Waals surface area contributed by atoms with E-state index in [1.807, 2.05) is 13.8 Å². The Kier molecular flexibility index (Phi) is 7.49. The van der Waals surface area contributed by atoms with Gasteiger partial charge in [0.15, 0.2) is 10.9 Å². The fraction of sp³-hybridized carbons (Fsp3) is 0.286. The molecule has 1 heterocycles. The van der Waals surface area contributed by atoms with Gasteiger partial charge in [-0.3, -0.25) is 14.9 Å². The lowest BCUT2D eigenvalue weighted by atomic mass is 10.1. The minimum atomic E-state index is -4.35. The maximum atomic E-state index is 12.8. The Bertz CT molecular complexity index is 1260. The van der Waals surface area contributed by atoms with E-state index in [-0.39, 0.29) is 27.5 Å². The average molecular weight is 491 g/mol. The van der Waals surface area contributed by atoms with E-state index in [9.17, 15) is 23.3 Å². The molecule has 1 amide bonds. The molecule has 1 fully saturated rings. The van der Waals surface area contributed by atoms with Crippen molar-refractivity contribution in [1.82, 2.24) is 5.32 Å². The third-order valence-corrected chi connectivity index (χ3v) is 7.07. The monoisotopic (exact) mass is 490 g/mol. The van der Waals surface area contributed by atoms with Crippen LogP contribution in [0.5, 0.6) is 5.75 Å². The fourth-order valence-electron chi connectivity index (χ4n) is 3.00. The van der Waals surface area contributed by atoms with E-state index < -0.39 is 15.0 Å². The van der Waals surface area contributed by atoms with Crippen molar-refractivity contribution < 1.29 is 22.3 Å². The normalized spacial score (nSPS) is 17.5. The molecule has 0 saturated carbocycles. The first kappa shape index (κ1) is 24.4. The summed E-state index contributed by atoms with van der Waals surface area (Å²) in [5, 5.41) is 22.0. The van der Waals surface area contributed by atoms with E-state index in [4.69, 9.17) is 4.18 Å². The van der Waals surface area contributed by atoms with Crippen LogP contribution in [0.15, 0.2) is 51.5 Å². The second kappa shape index (κ2) is 10.1.